The Kier molecular flexibility index (Phi) is 7.68. The van der Waals surface area contributed by atoms with E-state index in [9.17, 15) is 9.59 Å². The maximum Gasteiger partial charge on any atom is 0.256 e. The number of anilines is 2. The maximum absolute atomic E-state index is 13.3. The van der Waals surface area contributed by atoms with Crippen LogP contribution in [0.5, 0.6) is 0 Å². The number of benzene rings is 3. The number of morpholine rings is 1. The highest BCUT2D eigenvalue weighted by molar-refractivity contribution is 6.14. The Labute approximate surface area is 233 Å². The van der Waals surface area contributed by atoms with Crippen LogP contribution >= 0.6 is 0 Å². The molecule has 1 saturated heterocycles. The van der Waals surface area contributed by atoms with Gasteiger partial charge in [0.1, 0.15) is 0 Å². The molecule has 2 heterocycles. The molecule has 2 aliphatic heterocycles. The van der Waals surface area contributed by atoms with Gasteiger partial charge in [-0.05, 0) is 46.5 Å². The average molecular weight is 539 g/mol. The summed E-state index contributed by atoms with van der Waals surface area (Å²) in [5, 5.41) is 12.1. The third-order valence-electron chi connectivity index (χ3n) is 7.52. The van der Waals surface area contributed by atoms with E-state index in [0.29, 0.717) is 34.8 Å². The van der Waals surface area contributed by atoms with Crippen molar-refractivity contribution >= 4 is 28.9 Å². The molecular weight excluding hydrogens is 504 g/mol. The second kappa shape index (κ2) is 11.3. The van der Waals surface area contributed by atoms with Crippen LogP contribution in [0.15, 0.2) is 66.7 Å². The summed E-state index contributed by atoms with van der Waals surface area (Å²) in [4.78, 5) is 28.8. The van der Waals surface area contributed by atoms with Crippen molar-refractivity contribution in [2.45, 2.75) is 13.1 Å². The lowest BCUT2D eigenvalue weighted by atomic mass is 9.92. The number of fused-ring (bicyclic) bond motifs is 1. The molecule has 0 saturated carbocycles. The number of nitrogens with zero attached hydrogens (tertiary/aromatic N) is 2. The lowest BCUT2D eigenvalue weighted by Crippen LogP contribution is -2.35. The van der Waals surface area contributed by atoms with Gasteiger partial charge in [-0.2, -0.15) is 0 Å². The van der Waals surface area contributed by atoms with Crippen LogP contribution < -0.4 is 16.8 Å². The molecule has 2 amide bonds. The van der Waals surface area contributed by atoms with Gasteiger partial charge in [-0.3, -0.25) is 19.9 Å². The number of nitrogens with two attached hydrogens (primary N) is 2. The Balaban J connectivity index is 1.47. The average Bonchev–Trinajstić information content (AvgIpc) is 3.29. The largest absolute Gasteiger partial charge is 0.398 e. The molecule has 2 aliphatic rings. The minimum Gasteiger partial charge on any atom is -0.398 e. The van der Waals surface area contributed by atoms with Gasteiger partial charge in [0, 0.05) is 61.3 Å². The molecule has 9 heteroatoms. The van der Waals surface area contributed by atoms with Gasteiger partial charge in [-0.15, -0.1) is 0 Å². The van der Waals surface area contributed by atoms with Crippen LogP contribution in [-0.4, -0.2) is 67.2 Å². The normalized spacial score (nSPS) is 15.1. The number of amides is 2. The number of nitrogens with one attached hydrogen (secondary N) is 2. The predicted molar refractivity (Wildman–Crippen MR) is 157 cm³/mol. The van der Waals surface area contributed by atoms with Crippen LogP contribution in [-0.2, 0) is 22.6 Å². The molecule has 5 rings (SSSR count). The monoisotopic (exact) mass is 538 g/mol. The van der Waals surface area contributed by atoms with Crippen LogP contribution in [0.1, 0.15) is 32.6 Å². The van der Waals surface area contributed by atoms with E-state index in [1.165, 1.54) is 0 Å². The van der Waals surface area contributed by atoms with Crippen molar-refractivity contribution in [3.8, 4) is 11.1 Å². The van der Waals surface area contributed by atoms with Crippen molar-refractivity contribution in [2.24, 2.45) is 5.73 Å². The Bertz CT molecular complexity index is 1510. The van der Waals surface area contributed by atoms with E-state index in [2.05, 4.69) is 22.9 Å². The molecule has 0 aromatic heterocycles. The fourth-order valence-corrected chi connectivity index (χ4v) is 5.33. The predicted octanol–water partition coefficient (Wildman–Crippen LogP) is 3.22. The molecule has 3 aromatic rings. The molecule has 0 aliphatic carbocycles. The van der Waals surface area contributed by atoms with E-state index >= 15 is 0 Å². The number of carbonyl (C=O) groups excluding carboxylic acids is 2. The number of nitrogen functional groups attached to an aromatic ring is 1. The van der Waals surface area contributed by atoms with Crippen LogP contribution in [0.25, 0.3) is 11.1 Å². The minimum atomic E-state index is -0.631. The molecule has 9 nitrogen and oxygen atoms in total. The third-order valence-corrected chi connectivity index (χ3v) is 7.52. The van der Waals surface area contributed by atoms with E-state index < -0.39 is 5.91 Å². The zero-order chi connectivity index (χ0) is 28.4. The number of primary amides is 1. The third kappa shape index (κ3) is 5.34. The SMILES string of the molecule is C=C(CN1Cc2c(-c3ccc(N)c(C(=N)c4cccc(CN5CCOCC5)c4)c3)ccc(NC)c2C1=O)C(N)=O. The van der Waals surface area contributed by atoms with Crippen molar-refractivity contribution in [3.63, 3.8) is 0 Å². The summed E-state index contributed by atoms with van der Waals surface area (Å²) < 4.78 is 5.46. The summed E-state index contributed by atoms with van der Waals surface area (Å²) in [5.41, 5.74) is 19.1. The lowest BCUT2D eigenvalue weighted by Gasteiger charge is -2.26. The van der Waals surface area contributed by atoms with Crippen molar-refractivity contribution in [3.05, 3.63) is 94.6 Å². The first-order chi connectivity index (χ1) is 19.3. The number of hydrogen-bond acceptors (Lipinski definition) is 7. The smallest absolute Gasteiger partial charge is 0.256 e. The van der Waals surface area contributed by atoms with Crippen molar-refractivity contribution in [2.75, 3.05) is 50.9 Å². The zero-order valence-electron chi connectivity index (χ0n) is 22.6. The summed E-state index contributed by atoms with van der Waals surface area (Å²) in [6, 6.07) is 17.5. The molecule has 0 spiro atoms. The second-order valence-electron chi connectivity index (χ2n) is 10.2. The van der Waals surface area contributed by atoms with Gasteiger partial charge >= 0.3 is 0 Å². The molecule has 1 fully saturated rings. The molecule has 0 radical (unpaired) electrons. The molecule has 206 valence electrons. The van der Waals surface area contributed by atoms with E-state index in [0.717, 1.165) is 60.7 Å². The van der Waals surface area contributed by atoms with Crippen LogP contribution in [0.2, 0.25) is 0 Å². The van der Waals surface area contributed by atoms with E-state index in [1.807, 2.05) is 42.5 Å². The fraction of sp³-hybridized carbons (Fsp3) is 0.258. The number of carbonyl (C=O) groups is 2. The summed E-state index contributed by atoms with van der Waals surface area (Å²) in [5.74, 6) is -0.822. The van der Waals surface area contributed by atoms with Crippen molar-refractivity contribution in [1.82, 2.24) is 9.80 Å². The van der Waals surface area contributed by atoms with Crippen molar-refractivity contribution < 1.29 is 14.3 Å². The zero-order valence-corrected chi connectivity index (χ0v) is 22.6. The van der Waals surface area contributed by atoms with Gasteiger partial charge in [-0.25, -0.2) is 0 Å². The van der Waals surface area contributed by atoms with Gasteiger partial charge in [0.2, 0.25) is 5.91 Å². The van der Waals surface area contributed by atoms with Gasteiger partial charge < -0.3 is 26.4 Å². The molecular formula is C31H34N6O3. The topological polar surface area (TPSA) is 138 Å². The highest BCUT2D eigenvalue weighted by atomic mass is 16.5. The van der Waals surface area contributed by atoms with Gasteiger partial charge in [0.05, 0.1) is 31.0 Å². The molecule has 3 aromatic carbocycles. The van der Waals surface area contributed by atoms with Gasteiger partial charge in [0.15, 0.2) is 0 Å². The van der Waals surface area contributed by atoms with Crippen LogP contribution in [0.4, 0.5) is 11.4 Å². The maximum atomic E-state index is 13.3. The minimum absolute atomic E-state index is 0.0594. The molecule has 0 unspecified atom stereocenters. The van der Waals surface area contributed by atoms with Crippen LogP contribution in [0, 0.1) is 5.41 Å². The van der Waals surface area contributed by atoms with Gasteiger partial charge in [-0.1, -0.05) is 36.9 Å². The number of hydrogen-bond donors (Lipinski definition) is 4. The first-order valence-electron chi connectivity index (χ1n) is 13.3. The number of ether oxygens (including phenoxy) is 1. The molecule has 40 heavy (non-hydrogen) atoms. The van der Waals surface area contributed by atoms with Gasteiger partial charge in [0.25, 0.3) is 5.91 Å². The molecule has 6 N–H and O–H groups in total. The Morgan fingerprint density at radius 1 is 1.12 bits per heavy atom. The summed E-state index contributed by atoms with van der Waals surface area (Å²) in [7, 11) is 1.77. The first kappa shape index (κ1) is 27.1. The van der Waals surface area contributed by atoms with Crippen LogP contribution in [0.3, 0.4) is 0 Å². The number of rotatable bonds is 9. The van der Waals surface area contributed by atoms with E-state index in [-0.39, 0.29) is 18.0 Å². The standard InChI is InChI=1S/C31H34N6O3/c1-19(30(34)38)16-37-18-25-23(7-9-27(35-2)28(25)31(37)39)21-6-8-26(32)24(15-21)29(33)22-5-3-4-20(14-22)17-36-10-12-40-13-11-36/h3-9,14-15,33,35H,1,10-13,16-18,32H2,2H3,(H2,34,38). The summed E-state index contributed by atoms with van der Waals surface area (Å²) >= 11 is 0. The fourth-order valence-electron chi connectivity index (χ4n) is 5.33. The summed E-state index contributed by atoms with van der Waals surface area (Å²) in [6.45, 7) is 8.15. The quantitative estimate of drug-likeness (QED) is 0.188. The Morgan fingerprint density at radius 3 is 2.62 bits per heavy atom. The Hall–Kier alpha value is -4.47. The van der Waals surface area contributed by atoms with Crippen molar-refractivity contribution in [1.29, 1.82) is 5.41 Å². The summed E-state index contributed by atoms with van der Waals surface area (Å²) in [6.07, 6.45) is 0. The van der Waals surface area contributed by atoms with E-state index in [4.69, 9.17) is 21.6 Å². The first-order valence-corrected chi connectivity index (χ1v) is 13.3. The highest BCUT2D eigenvalue weighted by Gasteiger charge is 2.33. The highest BCUT2D eigenvalue weighted by Crippen LogP contribution is 2.38. The Morgan fingerprint density at radius 2 is 1.90 bits per heavy atom. The lowest BCUT2D eigenvalue weighted by molar-refractivity contribution is -0.114. The second-order valence-corrected chi connectivity index (χ2v) is 10.2. The van der Waals surface area contributed by atoms with E-state index in [1.54, 1.807) is 18.0 Å². The molecule has 0 bridgehead atoms. The molecule has 0 atom stereocenters.